The van der Waals surface area contributed by atoms with Gasteiger partial charge in [-0.15, -0.1) is 0 Å². The van der Waals surface area contributed by atoms with Gasteiger partial charge in [0.1, 0.15) is 11.6 Å². The van der Waals surface area contributed by atoms with Crippen molar-refractivity contribution in [3.63, 3.8) is 0 Å². The van der Waals surface area contributed by atoms with Crippen LogP contribution >= 0.6 is 0 Å². The van der Waals surface area contributed by atoms with Gasteiger partial charge in [-0.25, -0.2) is 9.97 Å². The Balaban J connectivity index is 1.83. The van der Waals surface area contributed by atoms with Crippen LogP contribution in [0.2, 0.25) is 0 Å². The van der Waals surface area contributed by atoms with Gasteiger partial charge in [-0.2, -0.15) is 0 Å². The third-order valence-electron chi connectivity index (χ3n) is 3.47. The number of carbonyl (C=O) groups is 1. The minimum atomic E-state index is -0.201. The summed E-state index contributed by atoms with van der Waals surface area (Å²) in [4.78, 5) is 23.3. The maximum absolute atomic E-state index is 12.5. The van der Waals surface area contributed by atoms with E-state index in [1.165, 1.54) is 0 Å². The fourth-order valence-electron chi connectivity index (χ4n) is 2.40. The topological polar surface area (TPSA) is 67.4 Å². The SMILES string of the molecule is Cc1cccc(NC(=O)c2cccnc2N2CCOCC2)n1. The second-order valence-electron chi connectivity index (χ2n) is 5.09. The van der Waals surface area contributed by atoms with Crippen LogP contribution in [-0.2, 0) is 4.74 Å². The molecule has 6 nitrogen and oxygen atoms in total. The van der Waals surface area contributed by atoms with Crippen LogP contribution in [0.3, 0.4) is 0 Å². The number of pyridine rings is 2. The van der Waals surface area contributed by atoms with E-state index in [0.29, 0.717) is 30.4 Å². The molecule has 3 rings (SSSR count). The van der Waals surface area contributed by atoms with Crippen LogP contribution in [0.15, 0.2) is 36.5 Å². The van der Waals surface area contributed by atoms with E-state index in [-0.39, 0.29) is 5.91 Å². The lowest BCUT2D eigenvalue weighted by Gasteiger charge is -2.29. The number of carbonyl (C=O) groups excluding carboxylic acids is 1. The average molecular weight is 298 g/mol. The number of hydrogen-bond acceptors (Lipinski definition) is 5. The Morgan fingerprint density at radius 1 is 1.23 bits per heavy atom. The van der Waals surface area contributed by atoms with Gasteiger partial charge in [0.2, 0.25) is 0 Å². The normalized spacial score (nSPS) is 14.7. The highest BCUT2D eigenvalue weighted by atomic mass is 16.5. The smallest absolute Gasteiger partial charge is 0.260 e. The summed E-state index contributed by atoms with van der Waals surface area (Å²) in [5.74, 6) is 1.03. The van der Waals surface area contributed by atoms with Gasteiger partial charge in [-0.1, -0.05) is 6.07 Å². The molecule has 2 aromatic rings. The van der Waals surface area contributed by atoms with Crippen LogP contribution in [0.1, 0.15) is 16.1 Å². The van der Waals surface area contributed by atoms with E-state index >= 15 is 0 Å². The van der Waals surface area contributed by atoms with Crippen molar-refractivity contribution in [1.82, 2.24) is 9.97 Å². The van der Waals surface area contributed by atoms with E-state index in [1.54, 1.807) is 24.4 Å². The lowest BCUT2D eigenvalue weighted by molar-refractivity contribution is 0.102. The lowest BCUT2D eigenvalue weighted by atomic mass is 10.2. The predicted octanol–water partition coefficient (Wildman–Crippen LogP) is 1.87. The molecule has 0 atom stereocenters. The highest BCUT2D eigenvalue weighted by Crippen LogP contribution is 2.19. The third kappa shape index (κ3) is 3.23. The molecule has 0 aromatic carbocycles. The van der Waals surface area contributed by atoms with Crippen LogP contribution in [0.4, 0.5) is 11.6 Å². The fourth-order valence-corrected chi connectivity index (χ4v) is 2.40. The molecule has 0 aliphatic carbocycles. The number of nitrogens with zero attached hydrogens (tertiary/aromatic N) is 3. The zero-order valence-electron chi connectivity index (χ0n) is 12.5. The molecule has 6 heteroatoms. The van der Waals surface area contributed by atoms with Crippen LogP contribution in [-0.4, -0.2) is 42.2 Å². The van der Waals surface area contributed by atoms with E-state index < -0.39 is 0 Å². The van der Waals surface area contributed by atoms with Crippen molar-refractivity contribution < 1.29 is 9.53 Å². The first kappa shape index (κ1) is 14.5. The van der Waals surface area contributed by atoms with E-state index in [9.17, 15) is 4.79 Å². The molecule has 2 aromatic heterocycles. The first-order valence-electron chi connectivity index (χ1n) is 7.27. The van der Waals surface area contributed by atoms with Crippen LogP contribution in [0, 0.1) is 6.92 Å². The van der Waals surface area contributed by atoms with E-state index in [1.807, 2.05) is 19.1 Å². The largest absolute Gasteiger partial charge is 0.378 e. The number of rotatable bonds is 3. The summed E-state index contributed by atoms with van der Waals surface area (Å²) in [6.45, 7) is 4.66. The number of hydrogen-bond donors (Lipinski definition) is 1. The number of ether oxygens (including phenoxy) is 1. The summed E-state index contributed by atoms with van der Waals surface area (Å²) < 4.78 is 5.35. The first-order valence-corrected chi connectivity index (χ1v) is 7.27. The Hall–Kier alpha value is -2.47. The molecule has 0 radical (unpaired) electrons. The summed E-state index contributed by atoms with van der Waals surface area (Å²) in [7, 11) is 0. The van der Waals surface area contributed by atoms with Crippen molar-refractivity contribution in [2.45, 2.75) is 6.92 Å². The number of anilines is 2. The van der Waals surface area contributed by atoms with Crippen molar-refractivity contribution in [1.29, 1.82) is 0 Å². The maximum atomic E-state index is 12.5. The Bertz CT molecular complexity index is 669. The average Bonchev–Trinajstić information content (AvgIpc) is 2.56. The van der Waals surface area contributed by atoms with E-state index in [4.69, 9.17) is 4.74 Å². The zero-order valence-corrected chi connectivity index (χ0v) is 12.5. The van der Waals surface area contributed by atoms with Gasteiger partial charge in [-0.05, 0) is 31.2 Å². The highest BCUT2D eigenvalue weighted by Gasteiger charge is 2.20. The molecular formula is C16H18N4O2. The summed E-state index contributed by atoms with van der Waals surface area (Å²) in [6, 6.07) is 9.07. The van der Waals surface area contributed by atoms with E-state index in [2.05, 4.69) is 20.2 Å². The molecule has 0 saturated carbocycles. The molecule has 1 aliphatic rings. The number of amides is 1. The number of nitrogens with one attached hydrogen (secondary N) is 1. The van der Waals surface area contributed by atoms with Crippen LogP contribution in [0.5, 0.6) is 0 Å². The van der Waals surface area contributed by atoms with Crippen molar-refractivity contribution >= 4 is 17.5 Å². The standard InChI is InChI=1S/C16H18N4O2/c1-12-4-2-6-14(18-12)19-16(21)13-5-3-7-17-15(13)20-8-10-22-11-9-20/h2-7H,8-11H2,1H3,(H,18,19,21). The molecule has 3 heterocycles. The number of aryl methyl sites for hydroxylation is 1. The molecule has 114 valence electrons. The lowest BCUT2D eigenvalue weighted by Crippen LogP contribution is -2.38. The quantitative estimate of drug-likeness (QED) is 0.937. The van der Waals surface area contributed by atoms with Gasteiger partial charge >= 0.3 is 0 Å². The summed E-state index contributed by atoms with van der Waals surface area (Å²) in [5, 5.41) is 2.83. The Morgan fingerprint density at radius 3 is 2.82 bits per heavy atom. The van der Waals surface area contributed by atoms with Crippen molar-refractivity contribution in [3.8, 4) is 0 Å². The molecule has 0 unspecified atom stereocenters. The minimum Gasteiger partial charge on any atom is -0.378 e. The predicted molar refractivity (Wildman–Crippen MR) is 84.2 cm³/mol. The van der Waals surface area contributed by atoms with Gasteiger partial charge in [-0.3, -0.25) is 4.79 Å². The van der Waals surface area contributed by atoms with Crippen molar-refractivity contribution in [2.24, 2.45) is 0 Å². The Morgan fingerprint density at radius 2 is 2.05 bits per heavy atom. The molecule has 0 bridgehead atoms. The van der Waals surface area contributed by atoms with Crippen molar-refractivity contribution in [2.75, 3.05) is 36.5 Å². The maximum Gasteiger partial charge on any atom is 0.260 e. The third-order valence-corrected chi connectivity index (χ3v) is 3.47. The van der Waals surface area contributed by atoms with Gasteiger partial charge in [0, 0.05) is 25.0 Å². The minimum absolute atomic E-state index is 0.201. The summed E-state index contributed by atoms with van der Waals surface area (Å²) in [6.07, 6.45) is 1.70. The summed E-state index contributed by atoms with van der Waals surface area (Å²) >= 11 is 0. The van der Waals surface area contributed by atoms with Gasteiger partial charge in [0.05, 0.1) is 18.8 Å². The van der Waals surface area contributed by atoms with Gasteiger partial charge in [0.15, 0.2) is 0 Å². The second-order valence-corrected chi connectivity index (χ2v) is 5.09. The molecule has 1 fully saturated rings. The molecule has 22 heavy (non-hydrogen) atoms. The number of morpholine rings is 1. The van der Waals surface area contributed by atoms with Crippen molar-refractivity contribution in [3.05, 3.63) is 47.8 Å². The Kier molecular flexibility index (Phi) is 4.29. The Labute approximate surface area is 129 Å². The first-order chi connectivity index (χ1) is 10.7. The van der Waals surface area contributed by atoms with Gasteiger partial charge < -0.3 is 15.0 Å². The molecule has 1 aliphatic heterocycles. The van der Waals surface area contributed by atoms with Crippen LogP contribution < -0.4 is 10.2 Å². The van der Waals surface area contributed by atoms with E-state index in [0.717, 1.165) is 18.8 Å². The molecule has 0 spiro atoms. The highest BCUT2D eigenvalue weighted by molar-refractivity contribution is 6.07. The van der Waals surface area contributed by atoms with Crippen LogP contribution in [0.25, 0.3) is 0 Å². The molecular weight excluding hydrogens is 280 g/mol. The zero-order chi connectivity index (χ0) is 15.4. The molecule has 1 saturated heterocycles. The fraction of sp³-hybridized carbons (Fsp3) is 0.312. The monoisotopic (exact) mass is 298 g/mol. The molecule has 1 N–H and O–H groups in total. The second kappa shape index (κ2) is 6.53. The number of aromatic nitrogens is 2. The van der Waals surface area contributed by atoms with Gasteiger partial charge in [0.25, 0.3) is 5.91 Å². The molecule has 1 amide bonds. The summed E-state index contributed by atoms with van der Waals surface area (Å²) in [5.41, 5.74) is 1.41.